The number of nitrogens with zero attached hydrogens (tertiary/aromatic N) is 3. The van der Waals surface area contributed by atoms with Gasteiger partial charge in [0, 0.05) is 38.2 Å². The Morgan fingerprint density at radius 1 is 1.30 bits per heavy atom. The average Bonchev–Trinajstić information content (AvgIpc) is 3.29. The molecule has 0 aliphatic carbocycles. The number of benzene rings is 1. The highest BCUT2D eigenvalue weighted by atomic mass is 127. The van der Waals surface area contributed by atoms with Gasteiger partial charge in [0.15, 0.2) is 5.96 Å². The molecule has 27 heavy (non-hydrogen) atoms. The molecule has 0 saturated carbocycles. The van der Waals surface area contributed by atoms with E-state index < -0.39 is 0 Å². The Morgan fingerprint density at radius 2 is 2.11 bits per heavy atom. The molecule has 0 radical (unpaired) electrons. The van der Waals surface area contributed by atoms with Gasteiger partial charge < -0.3 is 19.9 Å². The van der Waals surface area contributed by atoms with E-state index in [9.17, 15) is 0 Å². The Morgan fingerprint density at radius 3 is 2.81 bits per heavy atom. The van der Waals surface area contributed by atoms with Crippen LogP contribution < -0.4 is 5.32 Å². The minimum absolute atomic E-state index is 0. The molecule has 6 heteroatoms. The molecule has 1 N–H and O–H groups in total. The van der Waals surface area contributed by atoms with Gasteiger partial charge in [-0.1, -0.05) is 31.2 Å². The van der Waals surface area contributed by atoms with Gasteiger partial charge in [-0.25, -0.2) is 4.99 Å². The summed E-state index contributed by atoms with van der Waals surface area (Å²) in [7, 11) is 2.16. The fourth-order valence-corrected chi connectivity index (χ4v) is 3.93. The van der Waals surface area contributed by atoms with Crippen molar-refractivity contribution in [3.8, 4) is 0 Å². The molecule has 2 fully saturated rings. The Balaban J connectivity index is 0.00000261. The molecule has 1 aromatic rings. The predicted molar refractivity (Wildman–Crippen MR) is 123 cm³/mol. The fourth-order valence-electron chi connectivity index (χ4n) is 3.93. The van der Waals surface area contributed by atoms with Gasteiger partial charge in [-0.15, -0.1) is 24.0 Å². The first-order valence-electron chi connectivity index (χ1n) is 10.0. The first-order valence-corrected chi connectivity index (χ1v) is 10.0. The average molecular weight is 486 g/mol. The smallest absolute Gasteiger partial charge is 0.194 e. The van der Waals surface area contributed by atoms with Gasteiger partial charge in [-0.2, -0.15) is 0 Å². The quantitative estimate of drug-likeness (QED) is 0.381. The van der Waals surface area contributed by atoms with Crippen LogP contribution in [0, 0.1) is 5.41 Å². The van der Waals surface area contributed by atoms with Gasteiger partial charge in [0.1, 0.15) is 0 Å². The molecule has 2 aliphatic heterocycles. The van der Waals surface area contributed by atoms with E-state index in [-0.39, 0.29) is 24.0 Å². The second kappa shape index (κ2) is 10.6. The van der Waals surface area contributed by atoms with Crippen LogP contribution in [0.3, 0.4) is 0 Å². The maximum Gasteiger partial charge on any atom is 0.194 e. The molecule has 0 aromatic heterocycles. The van der Waals surface area contributed by atoms with Crippen molar-refractivity contribution < 1.29 is 4.74 Å². The Hall–Kier alpha value is -0.860. The van der Waals surface area contributed by atoms with Crippen LogP contribution >= 0.6 is 24.0 Å². The van der Waals surface area contributed by atoms with Crippen LogP contribution in [-0.4, -0.2) is 62.2 Å². The first-order chi connectivity index (χ1) is 12.6. The lowest BCUT2D eigenvalue weighted by Gasteiger charge is -2.25. The summed E-state index contributed by atoms with van der Waals surface area (Å²) in [5.74, 6) is 1.05. The Labute approximate surface area is 181 Å². The van der Waals surface area contributed by atoms with Gasteiger partial charge in [0.2, 0.25) is 0 Å². The maximum atomic E-state index is 5.66. The summed E-state index contributed by atoms with van der Waals surface area (Å²) in [6.07, 6.45) is 2.41. The van der Waals surface area contributed by atoms with E-state index in [4.69, 9.17) is 9.73 Å². The molecule has 152 valence electrons. The zero-order valence-electron chi connectivity index (χ0n) is 17.0. The second-order valence-electron chi connectivity index (χ2n) is 7.79. The lowest BCUT2D eigenvalue weighted by atomic mass is 9.87. The van der Waals surface area contributed by atoms with Crippen LogP contribution in [0.2, 0.25) is 0 Å². The zero-order valence-corrected chi connectivity index (χ0v) is 19.4. The van der Waals surface area contributed by atoms with Crippen LogP contribution in [0.4, 0.5) is 0 Å². The van der Waals surface area contributed by atoms with Gasteiger partial charge in [0.05, 0.1) is 13.2 Å². The number of halogens is 1. The van der Waals surface area contributed by atoms with E-state index in [0.717, 1.165) is 58.4 Å². The number of ether oxygens (including phenoxy) is 1. The molecule has 5 nitrogen and oxygen atoms in total. The third kappa shape index (κ3) is 6.06. The Kier molecular flexibility index (Phi) is 8.82. The van der Waals surface area contributed by atoms with Gasteiger partial charge in [0.25, 0.3) is 0 Å². The summed E-state index contributed by atoms with van der Waals surface area (Å²) < 4.78 is 5.66. The van der Waals surface area contributed by atoms with Crippen molar-refractivity contribution >= 4 is 29.9 Å². The number of aliphatic imine (C=N–C) groups is 1. The second-order valence-corrected chi connectivity index (χ2v) is 7.79. The maximum absolute atomic E-state index is 5.66. The van der Waals surface area contributed by atoms with Gasteiger partial charge in [-0.3, -0.25) is 0 Å². The topological polar surface area (TPSA) is 40.1 Å². The molecule has 1 spiro atoms. The monoisotopic (exact) mass is 486 g/mol. The minimum Gasteiger partial charge on any atom is -0.381 e. The summed E-state index contributed by atoms with van der Waals surface area (Å²) in [5.41, 5.74) is 3.00. The fraction of sp³-hybridized carbons (Fsp3) is 0.667. The van der Waals surface area contributed by atoms with Crippen molar-refractivity contribution in [1.82, 2.24) is 15.1 Å². The molecule has 0 amide bonds. The van der Waals surface area contributed by atoms with E-state index in [0.29, 0.717) is 5.41 Å². The summed E-state index contributed by atoms with van der Waals surface area (Å²) >= 11 is 0. The summed E-state index contributed by atoms with van der Waals surface area (Å²) in [5, 5.41) is 3.48. The van der Waals surface area contributed by atoms with Crippen LogP contribution in [0.25, 0.3) is 0 Å². The molecule has 2 aliphatic rings. The van der Waals surface area contributed by atoms with Crippen molar-refractivity contribution in [3.63, 3.8) is 0 Å². The lowest BCUT2D eigenvalue weighted by Crippen LogP contribution is -2.41. The largest absolute Gasteiger partial charge is 0.381 e. The van der Waals surface area contributed by atoms with E-state index >= 15 is 0 Å². The number of nitrogens with one attached hydrogen (secondary N) is 1. The minimum atomic E-state index is 0. The standard InChI is InChI=1S/C21H34N4O.HI/c1-4-22-20(25-11-9-21(16-25)10-12-26-17-21)23-14-18-7-6-8-19(13-18)15-24(3)5-2;/h6-8,13H,4-5,9-12,14-17H2,1-3H3,(H,22,23);1H. The van der Waals surface area contributed by atoms with Crippen molar-refractivity contribution in [1.29, 1.82) is 0 Å². The zero-order chi connectivity index (χ0) is 18.4. The van der Waals surface area contributed by atoms with Gasteiger partial charge >= 0.3 is 0 Å². The van der Waals surface area contributed by atoms with Gasteiger partial charge in [-0.05, 0) is 44.5 Å². The molecule has 1 unspecified atom stereocenters. The van der Waals surface area contributed by atoms with Crippen LogP contribution in [0.5, 0.6) is 0 Å². The highest BCUT2D eigenvalue weighted by Crippen LogP contribution is 2.38. The van der Waals surface area contributed by atoms with Crippen molar-refractivity contribution in [2.75, 3.05) is 46.4 Å². The van der Waals surface area contributed by atoms with Crippen LogP contribution in [0.1, 0.15) is 37.8 Å². The molecular weight excluding hydrogens is 451 g/mol. The number of hydrogen-bond acceptors (Lipinski definition) is 3. The SMILES string of the molecule is CCNC(=NCc1cccc(CN(C)CC)c1)N1CCC2(CCOC2)C1.I. The molecule has 2 saturated heterocycles. The van der Waals surface area contributed by atoms with E-state index in [1.54, 1.807) is 0 Å². The first kappa shape index (κ1) is 22.4. The number of hydrogen-bond donors (Lipinski definition) is 1. The summed E-state index contributed by atoms with van der Waals surface area (Å²) in [6.45, 7) is 12.0. The third-order valence-electron chi connectivity index (χ3n) is 5.65. The highest BCUT2D eigenvalue weighted by molar-refractivity contribution is 14.0. The Bertz CT molecular complexity index is 616. The molecular formula is C21H35IN4O. The molecule has 0 bridgehead atoms. The van der Waals surface area contributed by atoms with E-state index in [1.807, 2.05) is 0 Å². The molecule has 1 atom stereocenters. The number of rotatable bonds is 6. The molecule has 2 heterocycles. The highest BCUT2D eigenvalue weighted by Gasteiger charge is 2.42. The van der Waals surface area contributed by atoms with Crippen LogP contribution in [-0.2, 0) is 17.8 Å². The van der Waals surface area contributed by atoms with Crippen molar-refractivity contribution in [2.45, 2.75) is 39.8 Å². The normalized spacial score (nSPS) is 22.5. The predicted octanol–water partition coefficient (Wildman–Crippen LogP) is 3.33. The number of likely N-dealkylation sites (tertiary alicyclic amines) is 1. The molecule has 3 rings (SSSR count). The summed E-state index contributed by atoms with van der Waals surface area (Å²) in [4.78, 5) is 9.68. The van der Waals surface area contributed by atoms with E-state index in [2.05, 4.69) is 60.3 Å². The third-order valence-corrected chi connectivity index (χ3v) is 5.65. The summed E-state index contributed by atoms with van der Waals surface area (Å²) in [6, 6.07) is 8.82. The van der Waals surface area contributed by atoms with Crippen LogP contribution in [0.15, 0.2) is 29.3 Å². The van der Waals surface area contributed by atoms with E-state index in [1.165, 1.54) is 24.0 Å². The van der Waals surface area contributed by atoms with Crippen molar-refractivity contribution in [2.24, 2.45) is 10.4 Å². The lowest BCUT2D eigenvalue weighted by molar-refractivity contribution is 0.156. The van der Waals surface area contributed by atoms with Crippen molar-refractivity contribution in [3.05, 3.63) is 35.4 Å². The number of guanidine groups is 1. The molecule has 1 aromatic carbocycles.